The van der Waals surface area contributed by atoms with Gasteiger partial charge in [-0.25, -0.2) is 5.14 Å². The molecule has 21 heavy (non-hydrogen) atoms. The van der Waals surface area contributed by atoms with E-state index >= 15 is 0 Å². The first-order valence-corrected chi connectivity index (χ1v) is 8.93. The fourth-order valence-corrected chi connectivity index (χ4v) is 3.94. The highest BCUT2D eigenvalue weighted by molar-refractivity contribution is 7.99. The third kappa shape index (κ3) is 3.49. The van der Waals surface area contributed by atoms with Crippen LogP contribution in [0, 0.1) is 0 Å². The van der Waals surface area contributed by atoms with Gasteiger partial charge >= 0.3 is 0 Å². The second-order valence-electron chi connectivity index (χ2n) is 4.77. The van der Waals surface area contributed by atoms with Gasteiger partial charge in [-0.2, -0.15) is 8.42 Å². The lowest BCUT2D eigenvalue weighted by Crippen LogP contribution is -2.21. The molecule has 0 fully saturated rings. The van der Waals surface area contributed by atoms with E-state index in [2.05, 4.69) is 22.2 Å². The van der Waals surface area contributed by atoms with Crippen molar-refractivity contribution in [1.29, 1.82) is 0 Å². The van der Waals surface area contributed by atoms with Gasteiger partial charge in [-0.05, 0) is 29.8 Å². The third-order valence-corrected chi connectivity index (χ3v) is 4.87. The molecule has 3 rings (SSSR count). The van der Waals surface area contributed by atoms with Crippen LogP contribution in [-0.2, 0) is 10.2 Å². The predicted octanol–water partition coefficient (Wildman–Crippen LogP) is 2.56. The summed E-state index contributed by atoms with van der Waals surface area (Å²) >= 11 is 1.82. The zero-order valence-electron chi connectivity index (χ0n) is 11.1. The number of hydrogen-bond acceptors (Lipinski definition) is 4. The molecule has 1 aliphatic heterocycles. The van der Waals surface area contributed by atoms with Gasteiger partial charge < -0.3 is 5.32 Å². The highest BCUT2D eigenvalue weighted by atomic mass is 32.2. The van der Waals surface area contributed by atoms with Crippen LogP contribution in [0.4, 0.5) is 11.4 Å². The van der Waals surface area contributed by atoms with E-state index in [1.807, 2.05) is 30.0 Å². The molecular formula is C14H15N3O2S2. The van der Waals surface area contributed by atoms with Crippen molar-refractivity contribution in [2.24, 2.45) is 5.14 Å². The number of nitrogens with one attached hydrogen (secondary N) is 2. The SMILES string of the molecule is NS(=O)(=O)Nc1cccc(NC2CSc3ccccc32)c1. The Balaban J connectivity index is 1.79. The molecule has 2 aromatic rings. The zero-order chi connectivity index (χ0) is 14.9. The summed E-state index contributed by atoms with van der Waals surface area (Å²) in [5.41, 5.74) is 2.57. The fourth-order valence-electron chi connectivity index (χ4n) is 2.32. The van der Waals surface area contributed by atoms with Gasteiger partial charge in [-0.3, -0.25) is 4.72 Å². The lowest BCUT2D eigenvalue weighted by molar-refractivity contribution is 0.603. The quantitative estimate of drug-likeness (QED) is 0.808. The number of nitrogens with two attached hydrogens (primary N) is 1. The minimum Gasteiger partial charge on any atom is -0.377 e. The molecule has 5 nitrogen and oxygen atoms in total. The summed E-state index contributed by atoms with van der Waals surface area (Å²) in [5.74, 6) is 0.951. The Morgan fingerprint density at radius 2 is 1.86 bits per heavy atom. The largest absolute Gasteiger partial charge is 0.377 e. The normalized spacial score (nSPS) is 17.3. The molecule has 0 aliphatic carbocycles. The van der Waals surface area contributed by atoms with Crippen molar-refractivity contribution in [3.8, 4) is 0 Å². The maximum absolute atomic E-state index is 11.1. The monoisotopic (exact) mass is 321 g/mol. The molecule has 1 heterocycles. The smallest absolute Gasteiger partial charge is 0.296 e. The van der Waals surface area contributed by atoms with Crippen LogP contribution >= 0.6 is 11.8 Å². The Labute approximate surface area is 128 Å². The second kappa shape index (κ2) is 5.59. The van der Waals surface area contributed by atoms with Crippen molar-refractivity contribution in [2.45, 2.75) is 10.9 Å². The molecule has 0 saturated heterocycles. The summed E-state index contributed by atoms with van der Waals surface area (Å²) in [4.78, 5) is 1.29. The Morgan fingerprint density at radius 1 is 1.10 bits per heavy atom. The molecule has 1 aliphatic rings. The number of rotatable bonds is 4. The van der Waals surface area contributed by atoms with Crippen LogP contribution in [0.5, 0.6) is 0 Å². The maximum atomic E-state index is 11.1. The first-order valence-electron chi connectivity index (χ1n) is 6.40. The Kier molecular flexibility index (Phi) is 3.79. The average molecular weight is 321 g/mol. The van der Waals surface area contributed by atoms with E-state index in [4.69, 9.17) is 5.14 Å². The van der Waals surface area contributed by atoms with E-state index in [0.717, 1.165) is 11.4 Å². The first kappa shape index (κ1) is 14.2. The van der Waals surface area contributed by atoms with Gasteiger partial charge in [0.2, 0.25) is 0 Å². The van der Waals surface area contributed by atoms with Gasteiger partial charge in [0.1, 0.15) is 0 Å². The summed E-state index contributed by atoms with van der Waals surface area (Å²) in [6.07, 6.45) is 0. The number of hydrogen-bond donors (Lipinski definition) is 3. The van der Waals surface area contributed by atoms with Gasteiger partial charge in [0.05, 0.1) is 11.7 Å². The molecular weight excluding hydrogens is 306 g/mol. The van der Waals surface area contributed by atoms with E-state index < -0.39 is 10.2 Å². The van der Waals surface area contributed by atoms with E-state index in [9.17, 15) is 8.42 Å². The van der Waals surface area contributed by atoms with Crippen LogP contribution in [-0.4, -0.2) is 14.2 Å². The van der Waals surface area contributed by atoms with Gasteiger partial charge in [0.15, 0.2) is 0 Å². The first-order chi connectivity index (χ1) is 10.0. The maximum Gasteiger partial charge on any atom is 0.296 e. The average Bonchev–Trinajstić information content (AvgIpc) is 2.81. The number of fused-ring (bicyclic) bond motifs is 1. The van der Waals surface area contributed by atoms with Crippen molar-refractivity contribution < 1.29 is 8.42 Å². The van der Waals surface area contributed by atoms with Crippen LogP contribution in [0.25, 0.3) is 0 Å². The van der Waals surface area contributed by atoms with E-state index in [1.54, 1.807) is 18.2 Å². The molecule has 2 aromatic carbocycles. The van der Waals surface area contributed by atoms with Gasteiger partial charge in [0.25, 0.3) is 10.2 Å². The highest BCUT2D eigenvalue weighted by Crippen LogP contribution is 2.39. The molecule has 0 spiro atoms. The second-order valence-corrected chi connectivity index (χ2v) is 7.13. The molecule has 7 heteroatoms. The van der Waals surface area contributed by atoms with Gasteiger partial charge in [0, 0.05) is 16.3 Å². The lowest BCUT2D eigenvalue weighted by Gasteiger charge is -2.15. The minimum absolute atomic E-state index is 0.218. The summed E-state index contributed by atoms with van der Waals surface area (Å²) in [5, 5.41) is 8.41. The molecule has 0 aromatic heterocycles. The molecule has 4 N–H and O–H groups in total. The Morgan fingerprint density at radius 3 is 2.67 bits per heavy atom. The predicted molar refractivity (Wildman–Crippen MR) is 86.7 cm³/mol. The number of anilines is 2. The molecule has 1 atom stereocenters. The topological polar surface area (TPSA) is 84.2 Å². The lowest BCUT2D eigenvalue weighted by atomic mass is 10.1. The van der Waals surface area contributed by atoms with Crippen LogP contribution in [0.2, 0.25) is 0 Å². The highest BCUT2D eigenvalue weighted by Gasteiger charge is 2.22. The standard InChI is InChI=1S/C14H15N3O2S2/c15-21(18,19)17-11-5-3-4-10(8-11)16-13-9-20-14-7-2-1-6-12(13)14/h1-8,13,16-17H,9H2,(H2,15,18,19). The summed E-state index contributed by atoms with van der Waals surface area (Å²) in [7, 11) is -3.75. The van der Waals surface area contributed by atoms with Crippen molar-refractivity contribution in [3.63, 3.8) is 0 Å². The fraction of sp³-hybridized carbons (Fsp3) is 0.143. The van der Waals surface area contributed by atoms with E-state index in [0.29, 0.717) is 5.69 Å². The molecule has 0 saturated carbocycles. The summed E-state index contributed by atoms with van der Waals surface area (Å²) in [6.45, 7) is 0. The number of thioether (sulfide) groups is 1. The van der Waals surface area contributed by atoms with Crippen LogP contribution in [0.1, 0.15) is 11.6 Å². The van der Waals surface area contributed by atoms with Crippen molar-refractivity contribution >= 4 is 33.3 Å². The van der Waals surface area contributed by atoms with E-state index in [1.165, 1.54) is 10.5 Å². The van der Waals surface area contributed by atoms with Crippen LogP contribution < -0.4 is 15.2 Å². The van der Waals surface area contributed by atoms with Crippen LogP contribution in [0.15, 0.2) is 53.4 Å². The summed E-state index contributed by atoms with van der Waals surface area (Å²) in [6, 6.07) is 15.6. The molecule has 0 bridgehead atoms. The Hall–Kier alpha value is -1.70. The molecule has 0 radical (unpaired) electrons. The number of benzene rings is 2. The van der Waals surface area contributed by atoms with E-state index in [-0.39, 0.29) is 6.04 Å². The van der Waals surface area contributed by atoms with Crippen LogP contribution in [0.3, 0.4) is 0 Å². The third-order valence-electron chi connectivity index (χ3n) is 3.16. The minimum atomic E-state index is -3.75. The van der Waals surface area contributed by atoms with Gasteiger partial charge in [-0.15, -0.1) is 11.8 Å². The summed E-state index contributed by atoms with van der Waals surface area (Å²) < 4.78 is 24.4. The van der Waals surface area contributed by atoms with Gasteiger partial charge in [-0.1, -0.05) is 24.3 Å². The van der Waals surface area contributed by atoms with Crippen molar-refractivity contribution in [3.05, 3.63) is 54.1 Å². The molecule has 1 unspecified atom stereocenters. The van der Waals surface area contributed by atoms with Crippen molar-refractivity contribution in [2.75, 3.05) is 15.8 Å². The zero-order valence-corrected chi connectivity index (χ0v) is 12.7. The molecule has 0 amide bonds. The molecule has 110 valence electrons. The Bertz CT molecular complexity index is 762. The van der Waals surface area contributed by atoms with Crippen molar-refractivity contribution in [1.82, 2.24) is 0 Å².